The topological polar surface area (TPSA) is 101 Å². The predicted octanol–water partition coefficient (Wildman–Crippen LogP) is 1.93. The number of halogens is 1. The van der Waals surface area contributed by atoms with Gasteiger partial charge in [-0.05, 0) is 41.9 Å². The van der Waals surface area contributed by atoms with E-state index in [1.807, 2.05) is 12.1 Å². The lowest BCUT2D eigenvalue weighted by Crippen LogP contribution is -2.39. The number of nitrogens with two attached hydrogens (primary N) is 1. The van der Waals surface area contributed by atoms with E-state index >= 15 is 0 Å². The summed E-state index contributed by atoms with van der Waals surface area (Å²) in [7, 11) is -3.61. The van der Waals surface area contributed by atoms with Gasteiger partial charge in [0.1, 0.15) is 0 Å². The molecule has 1 aliphatic rings. The number of rotatable bonds is 8. The highest BCUT2D eigenvalue weighted by atomic mass is 35.5. The van der Waals surface area contributed by atoms with E-state index < -0.39 is 10.0 Å². The fraction of sp³-hybridized carbons (Fsp3) is 0.611. The highest BCUT2D eigenvalue weighted by molar-refractivity contribution is 7.89. The fourth-order valence-corrected chi connectivity index (χ4v) is 3.56. The first-order chi connectivity index (χ1) is 11.6. The van der Waals surface area contributed by atoms with Crippen LogP contribution in [0.2, 0.25) is 0 Å². The molecule has 1 amide bonds. The molecular formula is C18H30ClN3O3S. The highest BCUT2D eigenvalue weighted by Crippen LogP contribution is 2.31. The molecule has 1 aliphatic carbocycles. The van der Waals surface area contributed by atoms with Gasteiger partial charge in [-0.15, -0.1) is 12.4 Å². The molecule has 8 heteroatoms. The molecule has 1 atom stereocenters. The van der Waals surface area contributed by atoms with Crippen LogP contribution in [0.5, 0.6) is 0 Å². The van der Waals surface area contributed by atoms with Crippen molar-refractivity contribution in [1.82, 2.24) is 10.0 Å². The lowest BCUT2D eigenvalue weighted by atomic mass is 9.87. The molecule has 148 valence electrons. The molecule has 1 fully saturated rings. The summed E-state index contributed by atoms with van der Waals surface area (Å²) >= 11 is 0. The first kappa shape index (κ1) is 22.9. The van der Waals surface area contributed by atoms with Gasteiger partial charge < -0.3 is 11.1 Å². The maximum absolute atomic E-state index is 12.3. The van der Waals surface area contributed by atoms with Crippen molar-refractivity contribution in [2.24, 2.45) is 11.7 Å². The minimum atomic E-state index is -3.61. The van der Waals surface area contributed by atoms with Gasteiger partial charge in [0.25, 0.3) is 0 Å². The fourth-order valence-electron chi connectivity index (χ4n) is 2.53. The third kappa shape index (κ3) is 6.87. The van der Waals surface area contributed by atoms with Crippen LogP contribution in [0.15, 0.2) is 29.2 Å². The van der Waals surface area contributed by atoms with E-state index in [2.05, 4.69) is 30.8 Å². The number of nitrogens with one attached hydrogen (secondary N) is 2. The number of benzene rings is 1. The van der Waals surface area contributed by atoms with Crippen LogP contribution in [0.3, 0.4) is 0 Å². The van der Waals surface area contributed by atoms with Gasteiger partial charge in [-0.2, -0.15) is 0 Å². The summed E-state index contributed by atoms with van der Waals surface area (Å²) in [6.07, 6.45) is 2.35. The number of sulfonamides is 1. The molecule has 0 bridgehead atoms. The molecule has 0 aliphatic heterocycles. The smallest absolute Gasteiger partial charge is 0.240 e. The molecule has 0 saturated heterocycles. The van der Waals surface area contributed by atoms with Crippen molar-refractivity contribution >= 4 is 28.3 Å². The largest absolute Gasteiger partial charge is 0.354 e. The number of hydrogen-bond acceptors (Lipinski definition) is 4. The summed E-state index contributed by atoms with van der Waals surface area (Å²) < 4.78 is 27.0. The Balaban J connectivity index is 0.00000338. The third-order valence-electron chi connectivity index (χ3n) is 4.44. The van der Waals surface area contributed by atoms with Crippen molar-refractivity contribution in [3.63, 3.8) is 0 Å². The monoisotopic (exact) mass is 403 g/mol. The van der Waals surface area contributed by atoms with Crippen molar-refractivity contribution in [2.75, 3.05) is 13.1 Å². The molecule has 1 aromatic rings. The first-order valence-corrected chi connectivity index (χ1v) is 10.2. The van der Waals surface area contributed by atoms with Crippen LogP contribution in [-0.4, -0.2) is 33.5 Å². The molecule has 0 aromatic heterocycles. The van der Waals surface area contributed by atoms with E-state index in [0.29, 0.717) is 12.5 Å². The number of hydrogen-bond donors (Lipinski definition) is 3. The lowest BCUT2D eigenvalue weighted by Gasteiger charge is -2.19. The molecule has 26 heavy (non-hydrogen) atoms. The SMILES string of the molecule is CC(C)(C)c1ccc(S(=O)(=O)NCCC(=O)NCC(N)C2CC2)cc1.Cl. The van der Waals surface area contributed by atoms with Crippen LogP contribution >= 0.6 is 12.4 Å². The van der Waals surface area contributed by atoms with Gasteiger partial charge in [0.2, 0.25) is 15.9 Å². The van der Waals surface area contributed by atoms with Crippen molar-refractivity contribution < 1.29 is 13.2 Å². The average Bonchev–Trinajstić information content (AvgIpc) is 3.36. The van der Waals surface area contributed by atoms with Gasteiger partial charge in [-0.3, -0.25) is 4.79 Å². The van der Waals surface area contributed by atoms with Gasteiger partial charge in [-0.25, -0.2) is 13.1 Å². The molecule has 0 heterocycles. The second-order valence-electron chi connectivity index (χ2n) is 7.73. The Bertz CT molecular complexity index is 695. The summed E-state index contributed by atoms with van der Waals surface area (Å²) in [6, 6.07) is 6.83. The summed E-state index contributed by atoms with van der Waals surface area (Å²) in [6.45, 7) is 6.73. The van der Waals surface area contributed by atoms with Gasteiger partial charge in [0.15, 0.2) is 0 Å². The molecule has 1 saturated carbocycles. The van der Waals surface area contributed by atoms with Crippen LogP contribution in [0.4, 0.5) is 0 Å². The Hall–Kier alpha value is -1.15. The second-order valence-corrected chi connectivity index (χ2v) is 9.49. The van der Waals surface area contributed by atoms with Crippen LogP contribution in [0.1, 0.15) is 45.6 Å². The maximum atomic E-state index is 12.3. The Morgan fingerprint density at radius 3 is 2.31 bits per heavy atom. The molecule has 6 nitrogen and oxygen atoms in total. The van der Waals surface area contributed by atoms with Crippen LogP contribution in [0, 0.1) is 5.92 Å². The zero-order valence-electron chi connectivity index (χ0n) is 15.6. The van der Waals surface area contributed by atoms with Crippen LogP contribution in [0.25, 0.3) is 0 Å². The quantitative estimate of drug-likeness (QED) is 0.617. The summed E-state index contributed by atoms with van der Waals surface area (Å²) in [4.78, 5) is 12.0. The molecule has 2 rings (SSSR count). The van der Waals surface area contributed by atoms with Gasteiger partial charge in [0.05, 0.1) is 4.90 Å². The summed E-state index contributed by atoms with van der Waals surface area (Å²) in [5, 5.41) is 2.76. The normalized spacial score (nSPS) is 15.8. The van der Waals surface area contributed by atoms with Crippen molar-refractivity contribution in [1.29, 1.82) is 0 Å². The first-order valence-electron chi connectivity index (χ1n) is 8.72. The van der Waals surface area contributed by atoms with Gasteiger partial charge in [0, 0.05) is 25.6 Å². The zero-order valence-corrected chi connectivity index (χ0v) is 17.3. The van der Waals surface area contributed by atoms with Crippen LogP contribution in [-0.2, 0) is 20.2 Å². The molecule has 0 radical (unpaired) electrons. The van der Waals surface area contributed by atoms with E-state index in [-0.39, 0.29) is 47.6 Å². The Kier molecular flexibility index (Phi) is 8.07. The van der Waals surface area contributed by atoms with Crippen molar-refractivity contribution in [2.45, 2.75) is 56.4 Å². The summed E-state index contributed by atoms with van der Waals surface area (Å²) in [5.74, 6) is 0.330. The van der Waals surface area contributed by atoms with Crippen LogP contribution < -0.4 is 15.8 Å². The Morgan fingerprint density at radius 2 is 1.81 bits per heavy atom. The zero-order chi connectivity index (χ0) is 18.7. The summed E-state index contributed by atoms with van der Waals surface area (Å²) in [5.41, 5.74) is 6.95. The van der Waals surface area contributed by atoms with Gasteiger partial charge in [-0.1, -0.05) is 32.9 Å². The maximum Gasteiger partial charge on any atom is 0.240 e. The molecular weight excluding hydrogens is 374 g/mol. The third-order valence-corrected chi connectivity index (χ3v) is 5.91. The number of amides is 1. The van der Waals surface area contributed by atoms with Crippen molar-refractivity contribution in [3.8, 4) is 0 Å². The lowest BCUT2D eigenvalue weighted by molar-refractivity contribution is -0.121. The van der Waals surface area contributed by atoms with Gasteiger partial charge >= 0.3 is 0 Å². The minimum absolute atomic E-state index is 0. The predicted molar refractivity (Wildman–Crippen MR) is 106 cm³/mol. The number of carbonyl (C=O) groups is 1. The van der Waals surface area contributed by atoms with Crippen molar-refractivity contribution in [3.05, 3.63) is 29.8 Å². The van der Waals surface area contributed by atoms with E-state index in [0.717, 1.165) is 18.4 Å². The van der Waals surface area contributed by atoms with E-state index in [1.165, 1.54) is 0 Å². The molecule has 4 N–H and O–H groups in total. The average molecular weight is 404 g/mol. The standard InChI is InChI=1S/C18H29N3O3S.ClH/c1-18(2,3)14-6-8-15(9-7-14)25(23,24)21-11-10-17(22)20-12-16(19)13-4-5-13;/h6-9,13,16,21H,4-5,10-12,19H2,1-3H3,(H,20,22);1H. The van der Waals surface area contributed by atoms with E-state index in [1.54, 1.807) is 12.1 Å². The highest BCUT2D eigenvalue weighted by Gasteiger charge is 2.28. The Labute approximate surface area is 162 Å². The molecule has 1 unspecified atom stereocenters. The molecule has 0 spiro atoms. The van der Waals surface area contributed by atoms with E-state index in [4.69, 9.17) is 5.73 Å². The Morgan fingerprint density at radius 1 is 1.23 bits per heavy atom. The minimum Gasteiger partial charge on any atom is -0.354 e. The molecule has 1 aromatic carbocycles. The number of carbonyl (C=O) groups excluding carboxylic acids is 1. The van der Waals surface area contributed by atoms with E-state index in [9.17, 15) is 13.2 Å². The second kappa shape index (κ2) is 9.17.